The van der Waals surface area contributed by atoms with Crippen molar-refractivity contribution in [3.05, 3.63) is 65.2 Å². The Morgan fingerprint density at radius 1 is 1.07 bits per heavy atom. The van der Waals surface area contributed by atoms with E-state index in [1.165, 1.54) is 22.5 Å². The first-order valence-corrected chi connectivity index (χ1v) is 10.6. The summed E-state index contributed by atoms with van der Waals surface area (Å²) in [6.45, 7) is 1.07. The predicted molar refractivity (Wildman–Crippen MR) is 99.4 cm³/mol. The quantitative estimate of drug-likeness (QED) is 0.802. The van der Waals surface area contributed by atoms with Gasteiger partial charge in [-0.3, -0.25) is 4.79 Å². The molecule has 148 valence electrons. The molecule has 0 unspecified atom stereocenters. The van der Waals surface area contributed by atoms with Gasteiger partial charge in [-0.25, -0.2) is 17.2 Å². The second-order valence-corrected chi connectivity index (χ2v) is 9.28. The van der Waals surface area contributed by atoms with Crippen molar-refractivity contribution in [2.75, 3.05) is 19.6 Å². The van der Waals surface area contributed by atoms with E-state index in [-0.39, 0.29) is 16.8 Å². The largest absolute Gasteiger partial charge is 0.351 e. The molecular weight excluding hydrogens is 386 g/mol. The van der Waals surface area contributed by atoms with Crippen LogP contribution < -0.4 is 5.32 Å². The van der Waals surface area contributed by atoms with Gasteiger partial charge in [-0.1, -0.05) is 12.1 Å². The van der Waals surface area contributed by atoms with Crippen LogP contribution in [0.15, 0.2) is 47.4 Å². The lowest BCUT2D eigenvalue weighted by Gasteiger charge is -2.29. The van der Waals surface area contributed by atoms with Crippen LogP contribution in [0.2, 0.25) is 0 Å². The number of hydrogen-bond acceptors (Lipinski definition) is 3. The molecule has 0 bridgehead atoms. The predicted octanol–water partition coefficient (Wildman–Crippen LogP) is 2.82. The molecular formula is C20H20F2N2O3S. The van der Waals surface area contributed by atoms with Gasteiger partial charge in [0.05, 0.1) is 0 Å². The molecule has 8 heteroatoms. The molecule has 28 heavy (non-hydrogen) atoms. The normalized spacial score (nSPS) is 18.4. The van der Waals surface area contributed by atoms with Crippen molar-refractivity contribution in [3.8, 4) is 0 Å². The van der Waals surface area contributed by atoms with E-state index < -0.39 is 26.6 Å². The van der Waals surface area contributed by atoms with Crippen LogP contribution in [0, 0.1) is 11.6 Å². The second-order valence-electron chi connectivity index (χ2n) is 7.37. The molecule has 2 aromatic carbocycles. The third-order valence-electron chi connectivity index (χ3n) is 5.52. The van der Waals surface area contributed by atoms with Gasteiger partial charge in [0.1, 0.15) is 16.5 Å². The van der Waals surface area contributed by atoms with E-state index in [9.17, 15) is 22.0 Å². The highest BCUT2D eigenvalue weighted by atomic mass is 32.2. The fourth-order valence-electron chi connectivity index (χ4n) is 3.38. The highest BCUT2D eigenvalue weighted by molar-refractivity contribution is 7.89. The van der Waals surface area contributed by atoms with E-state index >= 15 is 0 Å². The van der Waals surface area contributed by atoms with Crippen LogP contribution in [0.25, 0.3) is 0 Å². The summed E-state index contributed by atoms with van der Waals surface area (Å²) in [5.41, 5.74) is 0.820. The first-order chi connectivity index (χ1) is 13.3. The molecule has 1 heterocycles. The van der Waals surface area contributed by atoms with E-state index in [1.54, 1.807) is 12.1 Å². The molecule has 0 atom stereocenters. The number of benzene rings is 2. The number of rotatable bonds is 6. The van der Waals surface area contributed by atoms with Crippen molar-refractivity contribution in [2.24, 2.45) is 0 Å². The molecule has 0 spiro atoms. The van der Waals surface area contributed by atoms with Gasteiger partial charge in [-0.05, 0) is 55.2 Å². The summed E-state index contributed by atoms with van der Waals surface area (Å²) in [6, 6.07) is 9.59. The highest BCUT2D eigenvalue weighted by Gasteiger charge is 2.44. The molecule has 5 nitrogen and oxygen atoms in total. The molecule has 2 aliphatic rings. The maximum Gasteiger partial charge on any atom is 0.251 e. The summed E-state index contributed by atoms with van der Waals surface area (Å²) in [5, 5.41) is 2.81. The molecule has 4 rings (SSSR count). The minimum absolute atomic E-state index is 0.0930. The molecule has 1 amide bonds. The molecule has 1 saturated carbocycles. The Bertz CT molecular complexity index is 1010. The van der Waals surface area contributed by atoms with Crippen LogP contribution in [-0.2, 0) is 15.4 Å². The van der Waals surface area contributed by atoms with Crippen molar-refractivity contribution < 1.29 is 22.0 Å². The average Bonchev–Trinajstić information content (AvgIpc) is 3.40. The summed E-state index contributed by atoms with van der Waals surface area (Å²) in [6.07, 6.45) is 2.49. The van der Waals surface area contributed by atoms with Gasteiger partial charge >= 0.3 is 0 Å². The monoisotopic (exact) mass is 406 g/mol. The third-order valence-corrected chi connectivity index (χ3v) is 7.44. The molecule has 0 radical (unpaired) electrons. The van der Waals surface area contributed by atoms with Crippen LogP contribution in [0.5, 0.6) is 0 Å². The van der Waals surface area contributed by atoms with E-state index in [0.717, 1.165) is 37.0 Å². The minimum atomic E-state index is -3.92. The number of carbonyl (C=O) groups excluding carboxylic acids is 1. The van der Waals surface area contributed by atoms with Gasteiger partial charge in [0.25, 0.3) is 5.91 Å². The zero-order chi connectivity index (χ0) is 19.9. The Hall–Kier alpha value is -2.32. The number of nitrogens with one attached hydrogen (secondary N) is 1. The first-order valence-electron chi connectivity index (χ1n) is 9.16. The number of halogens is 2. The van der Waals surface area contributed by atoms with Gasteiger partial charge in [-0.15, -0.1) is 0 Å². The van der Waals surface area contributed by atoms with Crippen molar-refractivity contribution >= 4 is 15.9 Å². The summed E-state index contributed by atoms with van der Waals surface area (Å²) in [5.74, 6) is -1.65. The van der Waals surface area contributed by atoms with Crippen LogP contribution >= 0.6 is 0 Å². The maximum atomic E-state index is 14.1. The SMILES string of the molecule is O=C(NCC1(c2ccc(F)cc2)CC1)c1ccc(F)c(S(=O)(=O)N2CCC2)c1. The maximum absolute atomic E-state index is 14.1. The zero-order valence-electron chi connectivity index (χ0n) is 15.1. The Labute approximate surface area is 162 Å². The molecule has 0 aromatic heterocycles. The number of carbonyl (C=O) groups is 1. The lowest BCUT2D eigenvalue weighted by atomic mass is 9.96. The summed E-state index contributed by atoms with van der Waals surface area (Å²) >= 11 is 0. The highest BCUT2D eigenvalue weighted by Crippen LogP contribution is 2.47. The Balaban J connectivity index is 1.50. The third kappa shape index (κ3) is 3.42. The van der Waals surface area contributed by atoms with Crippen LogP contribution in [0.1, 0.15) is 35.2 Å². The van der Waals surface area contributed by atoms with E-state index in [0.29, 0.717) is 19.6 Å². The summed E-state index contributed by atoms with van der Waals surface area (Å²) < 4.78 is 53.4. The second kappa shape index (κ2) is 6.93. The van der Waals surface area contributed by atoms with Crippen molar-refractivity contribution in [3.63, 3.8) is 0 Å². The lowest BCUT2D eigenvalue weighted by molar-refractivity contribution is 0.0949. The fraction of sp³-hybridized carbons (Fsp3) is 0.350. The molecule has 2 aromatic rings. The van der Waals surface area contributed by atoms with Gasteiger partial charge in [-0.2, -0.15) is 4.31 Å². The Morgan fingerprint density at radius 2 is 1.75 bits per heavy atom. The lowest BCUT2D eigenvalue weighted by Crippen LogP contribution is -2.42. The standard InChI is InChI=1S/C20H20F2N2O3S/c21-16-5-3-15(4-6-16)20(8-9-20)13-23-19(25)14-2-7-17(22)18(12-14)28(26,27)24-10-1-11-24/h2-7,12H,1,8-11,13H2,(H,23,25). The molecule has 1 aliphatic carbocycles. The van der Waals surface area contributed by atoms with E-state index in [1.807, 2.05) is 0 Å². The van der Waals surface area contributed by atoms with Gasteiger partial charge < -0.3 is 5.32 Å². The topological polar surface area (TPSA) is 66.5 Å². The Kier molecular flexibility index (Phi) is 4.71. The van der Waals surface area contributed by atoms with Crippen LogP contribution in [0.3, 0.4) is 0 Å². The zero-order valence-corrected chi connectivity index (χ0v) is 15.9. The van der Waals surface area contributed by atoms with Crippen molar-refractivity contribution in [1.82, 2.24) is 9.62 Å². The van der Waals surface area contributed by atoms with Crippen LogP contribution in [-0.4, -0.2) is 38.3 Å². The van der Waals surface area contributed by atoms with Crippen molar-refractivity contribution in [1.29, 1.82) is 0 Å². The van der Waals surface area contributed by atoms with Crippen molar-refractivity contribution in [2.45, 2.75) is 29.6 Å². The number of hydrogen-bond donors (Lipinski definition) is 1. The minimum Gasteiger partial charge on any atom is -0.351 e. The summed E-state index contributed by atoms with van der Waals surface area (Å²) in [7, 11) is -3.92. The molecule has 1 N–H and O–H groups in total. The Morgan fingerprint density at radius 3 is 2.32 bits per heavy atom. The molecule has 1 aliphatic heterocycles. The smallest absolute Gasteiger partial charge is 0.251 e. The number of amides is 1. The molecule has 2 fully saturated rings. The summed E-state index contributed by atoms with van der Waals surface area (Å²) in [4.78, 5) is 12.1. The van der Waals surface area contributed by atoms with Crippen LogP contribution in [0.4, 0.5) is 8.78 Å². The van der Waals surface area contributed by atoms with Gasteiger partial charge in [0.15, 0.2) is 0 Å². The van der Waals surface area contributed by atoms with E-state index in [4.69, 9.17) is 0 Å². The average molecular weight is 406 g/mol. The number of nitrogens with zero attached hydrogens (tertiary/aromatic N) is 1. The van der Waals surface area contributed by atoms with Gasteiger partial charge in [0, 0.05) is 30.6 Å². The van der Waals surface area contributed by atoms with E-state index in [2.05, 4.69) is 5.32 Å². The molecule has 1 saturated heterocycles. The first kappa shape index (κ1) is 19.0. The number of sulfonamides is 1. The fourth-order valence-corrected chi connectivity index (χ4v) is 4.99. The van der Waals surface area contributed by atoms with Gasteiger partial charge in [0.2, 0.25) is 10.0 Å².